The number of carbonyl (C=O) groups excluding carboxylic acids is 2. The lowest BCUT2D eigenvalue weighted by atomic mass is 9.98. The number of aryl methyl sites for hydroxylation is 1. The maximum Gasteiger partial charge on any atom is 0.161 e. The highest BCUT2D eigenvalue weighted by Gasteiger charge is 2.09. The van der Waals surface area contributed by atoms with Gasteiger partial charge in [0.1, 0.15) is 6.29 Å². The van der Waals surface area contributed by atoms with Gasteiger partial charge in [-0.15, -0.1) is 0 Å². The van der Waals surface area contributed by atoms with Gasteiger partial charge in [-0.2, -0.15) is 5.26 Å². The molecule has 14 heavy (non-hydrogen) atoms. The molecule has 0 saturated carbocycles. The van der Waals surface area contributed by atoms with Gasteiger partial charge in [-0.25, -0.2) is 0 Å². The van der Waals surface area contributed by atoms with Crippen LogP contribution in [0.15, 0.2) is 12.1 Å². The van der Waals surface area contributed by atoms with Crippen LogP contribution in [0.25, 0.3) is 0 Å². The molecule has 0 atom stereocenters. The first kappa shape index (κ1) is 10.1. The van der Waals surface area contributed by atoms with Crippen LogP contribution in [0.1, 0.15) is 38.8 Å². The Hall–Kier alpha value is -1.95. The number of carbonyl (C=O) groups is 2. The number of rotatable bonds is 2. The third kappa shape index (κ3) is 1.69. The van der Waals surface area contributed by atoms with Crippen molar-refractivity contribution < 1.29 is 9.59 Å². The van der Waals surface area contributed by atoms with Crippen LogP contribution >= 0.6 is 0 Å². The number of aldehydes is 1. The summed E-state index contributed by atoms with van der Waals surface area (Å²) in [6, 6.07) is 4.92. The van der Waals surface area contributed by atoms with E-state index in [0.717, 1.165) is 0 Å². The second-order valence-electron chi connectivity index (χ2n) is 3.04. The maximum atomic E-state index is 11.1. The Balaban J connectivity index is 3.48. The zero-order valence-electron chi connectivity index (χ0n) is 8.00. The predicted molar refractivity (Wildman–Crippen MR) is 51.3 cm³/mol. The first-order valence-corrected chi connectivity index (χ1v) is 4.11. The molecule has 0 unspecified atom stereocenters. The molecule has 0 fully saturated rings. The normalized spacial score (nSPS) is 9.21. The third-order valence-corrected chi connectivity index (χ3v) is 2.03. The average molecular weight is 187 g/mol. The van der Waals surface area contributed by atoms with Crippen LogP contribution in [-0.4, -0.2) is 12.1 Å². The Morgan fingerprint density at radius 1 is 1.50 bits per heavy atom. The molecule has 0 N–H and O–H groups in total. The van der Waals surface area contributed by atoms with Gasteiger partial charge in [-0.1, -0.05) is 0 Å². The molecule has 0 radical (unpaired) electrons. The highest BCUT2D eigenvalue weighted by atomic mass is 16.1. The average Bonchev–Trinajstić information content (AvgIpc) is 2.17. The lowest BCUT2D eigenvalue weighted by molar-refractivity contribution is 0.101. The Labute approximate surface area is 82.0 Å². The molecule has 1 rings (SSSR count). The molecule has 0 amide bonds. The largest absolute Gasteiger partial charge is 0.298 e. The second kappa shape index (κ2) is 3.84. The molecular formula is C11H9NO2. The first-order chi connectivity index (χ1) is 6.60. The standard InChI is InChI=1S/C11H9NO2/c1-7-3-11(8(2)14)9(5-12)4-10(7)6-13/h3-4,6H,1-2H3. The molecule has 1 aromatic carbocycles. The minimum atomic E-state index is -0.165. The van der Waals surface area contributed by atoms with Crippen LogP contribution < -0.4 is 0 Å². The first-order valence-electron chi connectivity index (χ1n) is 4.11. The summed E-state index contributed by atoms with van der Waals surface area (Å²) in [6.07, 6.45) is 0.681. The van der Waals surface area contributed by atoms with Gasteiger partial charge in [0.05, 0.1) is 11.6 Å². The SMILES string of the molecule is CC(=O)c1cc(C)c(C=O)cc1C#N. The summed E-state index contributed by atoms with van der Waals surface area (Å²) in [5.74, 6) is -0.165. The van der Waals surface area contributed by atoms with Gasteiger partial charge in [0.2, 0.25) is 0 Å². The fraction of sp³-hybridized carbons (Fsp3) is 0.182. The molecule has 1 aromatic rings. The number of ketones is 1. The van der Waals surface area contributed by atoms with Crippen molar-refractivity contribution >= 4 is 12.1 Å². The highest BCUT2D eigenvalue weighted by molar-refractivity contribution is 5.97. The summed E-state index contributed by atoms with van der Waals surface area (Å²) in [4.78, 5) is 21.7. The Morgan fingerprint density at radius 3 is 2.57 bits per heavy atom. The Morgan fingerprint density at radius 2 is 2.14 bits per heavy atom. The van der Waals surface area contributed by atoms with E-state index in [1.807, 2.05) is 6.07 Å². The topological polar surface area (TPSA) is 57.9 Å². The van der Waals surface area contributed by atoms with Gasteiger partial charge in [0.15, 0.2) is 5.78 Å². The van der Waals surface area contributed by atoms with Crippen molar-refractivity contribution in [2.45, 2.75) is 13.8 Å². The van der Waals surface area contributed by atoms with Gasteiger partial charge in [0, 0.05) is 11.1 Å². The molecule has 70 valence electrons. The zero-order chi connectivity index (χ0) is 10.7. The molecule has 0 aromatic heterocycles. The fourth-order valence-corrected chi connectivity index (χ4v) is 1.24. The van der Waals surface area contributed by atoms with Gasteiger partial charge in [-0.05, 0) is 31.5 Å². The van der Waals surface area contributed by atoms with Crippen LogP contribution in [-0.2, 0) is 0 Å². The molecule has 0 bridgehead atoms. The highest BCUT2D eigenvalue weighted by Crippen LogP contribution is 2.15. The number of hydrogen-bond acceptors (Lipinski definition) is 3. The summed E-state index contributed by atoms with van der Waals surface area (Å²) in [7, 11) is 0. The second-order valence-corrected chi connectivity index (χ2v) is 3.04. The van der Waals surface area contributed by atoms with E-state index < -0.39 is 0 Å². The van der Waals surface area contributed by atoms with Crippen molar-refractivity contribution in [2.75, 3.05) is 0 Å². The molecule has 0 spiro atoms. The van der Waals surface area contributed by atoms with Crippen LogP contribution in [0.3, 0.4) is 0 Å². The monoisotopic (exact) mass is 187 g/mol. The smallest absolute Gasteiger partial charge is 0.161 e. The van der Waals surface area contributed by atoms with Crippen LogP contribution in [0.5, 0.6) is 0 Å². The van der Waals surface area contributed by atoms with Crippen LogP contribution in [0.2, 0.25) is 0 Å². The minimum absolute atomic E-state index is 0.165. The van der Waals surface area contributed by atoms with Gasteiger partial charge < -0.3 is 0 Å². The summed E-state index contributed by atoms with van der Waals surface area (Å²) in [6.45, 7) is 3.13. The molecule has 0 aliphatic rings. The van der Waals surface area contributed by atoms with Crippen molar-refractivity contribution in [1.29, 1.82) is 5.26 Å². The molecule has 0 aliphatic heterocycles. The van der Waals surface area contributed by atoms with E-state index in [1.54, 1.807) is 13.0 Å². The maximum absolute atomic E-state index is 11.1. The molecule has 3 nitrogen and oxygen atoms in total. The van der Waals surface area contributed by atoms with E-state index in [2.05, 4.69) is 0 Å². The summed E-state index contributed by atoms with van der Waals surface area (Å²) < 4.78 is 0. The lowest BCUT2D eigenvalue weighted by Gasteiger charge is -2.03. The van der Waals surface area contributed by atoms with Gasteiger partial charge in [-0.3, -0.25) is 9.59 Å². The van der Waals surface area contributed by atoms with E-state index in [4.69, 9.17) is 5.26 Å². The number of nitrogens with zero attached hydrogens (tertiary/aromatic N) is 1. The van der Waals surface area contributed by atoms with Crippen molar-refractivity contribution in [3.63, 3.8) is 0 Å². The zero-order valence-corrected chi connectivity index (χ0v) is 8.00. The summed E-state index contributed by atoms with van der Waals surface area (Å²) in [5, 5.41) is 8.76. The van der Waals surface area contributed by atoms with E-state index in [9.17, 15) is 9.59 Å². The van der Waals surface area contributed by atoms with Crippen molar-refractivity contribution in [3.05, 3.63) is 34.4 Å². The van der Waals surface area contributed by atoms with Crippen molar-refractivity contribution in [1.82, 2.24) is 0 Å². The van der Waals surface area contributed by atoms with Crippen molar-refractivity contribution in [3.8, 4) is 6.07 Å². The Bertz CT molecular complexity index is 441. The van der Waals surface area contributed by atoms with E-state index in [1.165, 1.54) is 13.0 Å². The predicted octanol–water partition coefficient (Wildman–Crippen LogP) is 1.88. The molecule has 0 saturated heterocycles. The van der Waals surface area contributed by atoms with Crippen LogP contribution in [0, 0.1) is 18.3 Å². The van der Waals surface area contributed by atoms with Gasteiger partial charge in [0.25, 0.3) is 0 Å². The molecule has 3 heteroatoms. The molecule has 0 heterocycles. The molecule has 0 aliphatic carbocycles. The van der Waals surface area contributed by atoms with Gasteiger partial charge >= 0.3 is 0 Å². The number of hydrogen-bond donors (Lipinski definition) is 0. The summed E-state index contributed by atoms with van der Waals surface area (Å²) in [5.41, 5.74) is 1.79. The van der Waals surface area contributed by atoms with E-state index >= 15 is 0 Å². The number of Topliss-reactive ketones (excluding diaryl/α,β-unsaturated/α-hetero) is 1. The van der Waals surface area contributed by atoms with Crippen LogP contribution in [0.4, 0.5) is 0 Å². The summed E-state index contributed by atoms with van der Waals surface area (Å²) >= 11 is 0. The van der Waals surface area contributed by atoms with Crippen molar-refractivity contribution in [2.24, 2.45) is 0 Å². The lowest BCUT2D eigenvalue weighted by Crippen LogP contribution is -2.00. The minimum Gasteiger partial charge on any atom is -0.298 e. The van der Waals surface area contributed by atoms with E-state index in [-0.39, 0.29) is 11.3 Å². The Kier molecular flexibility index (Phi) is 2.78. The van der Waals surface area contributed by atoms with E-state index in [0.29, 0.717) is 23.0 Å². The fourth-order valence-electron chi connectivity index (χ4n) is 1.24. The number of nitriles is 1. The quantitative estimate of drug-likeness (QED) is 0.524. The molecular weight excluding hydrogens is 178 g/mol. The third-order valence-electron chi connectivity index (χ3n) is 2.03. The number of benzene rings is 1.